The first-order valence-electron chi connectivity index (χ1n) is 5.66. The topological polar surface area (TPSA) is 60.2 Å². The summed E-state index contributed by atoms with van der Waals surface area (Å²) in [4.78, 5) is 0. The van der Waals surface area contributed by atoms with Crippen molar-refractivity contribution < 1.29 is 9.84 Å². The SMILES string of the molecule is OCc1cnnn1CCCOc1ccc(Cl)cc1. The summed E-state index contributed by atoms with van der Waals surface area (Å²) in [5.41, 5.74) is 0.710. The first kappa shape index (κ1) is 12.9. The van der Waals surface area contributed by atoms with Crippen LogP contribution in [0.3, 0.4) is 0 Å². The highest BCUT2D eigenvalue weighted by molar-refractivity contribution is 6.30. The number of hydrogen-bond acceptors (Lipinski definition) is 4. The van der Waals surface area contributed by atoms with E-state index in [2.05, 4.69) is 10.3 Å². The van der Waals surface area contributed by atoms with Crippen molar-refractivity contribution in [3.05, 3.63) is 41.2 Å². The Kier molecular flexibility index (Phi) is 4.55. The van der Waals surface area contributed by atoms with E-state index in [0.29, 0.717) is 23.9 Å². The molecule has 1 N–H and O–H groups in total. The van der Waals surface area contributed by atoms with Gasteiger partial charge in [-0.1, -0.05) is 16.8 Å². The molecule has 0 atom stereocenters. The Morgan fingerprint density at radius 3 is 2.78 bits per heavy atom. The molecule has 2 aromatic rings. The van der Waals surface area contributed by atoms with Gasteiger partial charge >= 0.3 is 0 Å². The van der Waals surface area contributed by atoms with Gasteiger partial charge in [0, 0.05) is 18.0 Å². The molecule has 18 heavy (non-hydrogen) atoms. The Labute approximate surface area is 110 Å². The molecule has 0 aliphatic rings. The molecule has 0 aliphatic carbocycles. The Balaban J connectivity index is 1.74. The van der Waals surface area contributed by atoms with E-state index in [1.807, 2.05) is 12.1 Å². The van der Waals surface area contributed by atoms with Gasteiger partial charge < -0.3 is 9.84 Å². The van der Waals surface area contributed by atoms with Gasteiger partial charge in [0.05, 0.1) is 25.1 Å². The fourth-order valence-electron chi connectivity index (χ4n) is 1.52. The van der Waals surface area contributed by atoms with E-state index in [1.165, 1.54) is 0 Å². The van der Waals surface area contributed by atoms with Crippen LogP contribution in [-0.2, 0) is 13.2 Å². The summed E-state index contributed by atoms with van der Waals surface area (Å²) in [5.74, 6) is 0.792. The number of aryl methyl sites for hydroxylation is 1. The molecule has 0 unspecified atom stereocenters. The fourth-order valence-corrected chi connectivity index (χ4v) is 1.65. The smallest absolute Gasteiger partial charge is 0.119 e. The molecule has 1 heterocycles. The standard InChI is InChI=1S/C12H14ClN3O2/c13-10-2-4-12(5-3-10)18-7-1-6-16-11(9-17)8-14-15-16/h2-5,8,17H,1,6-7,9H2. The maximum atomic E-state index is 9.02. The molecule has 0 radical (unpaired) electrons. The summed E-state index contributed by atoms with van der Waals surface area (Å²) in [6.45, 7) is 1.20. The largest absolute Gasteiger partial charge is 0.494 e. The highest BCUT2D eigenvalue weighted by Crippen LogP contribution is 2.15. The van der Waals surface area contributed by atoms with E-state index in [0.717, 1.165) is 12.2 Å². The van der Waals surface area contributed by atoms with Crippen molar-refractivity contribution in [1.82, 2.24) is 15.0 Å². The second-order valence-corrected chi connectivity index (χ2v) is 4.20. The molecule has 2 rings (SSSR count). The van der Waals surface area contributed by atoms with Crippen LogP contribution in [0.2, 0.25) is 5.02 Å². The molecule has 0 saturated heterocycles. The second-order valence-electron chi connectivity index (χ2n) is 3.76. The van der Waals surface area contributed by atoms with Crippen LogP contribution in [0.4, 0.5) is 0 Å². The summed E-state index contributed by atoms with van der Waals surface area (Å²) in [6, 6.07) is 7.24. The zero-order valence-electron chi connectivity index (χ0n) is 9.79. The number of rotatable bonds is 6. The lowest BCUT2D eigenvalue weighted by Crippen LogP contribution is -2.08. The van der Waals surface area contributed by atoms with E-state index in [4.69, 9.17) is 21.4 Å². The Hall–Kier alpha value is -1.59. The van der Waals surface area contributed by atoms with Crippen molar-refractivity contribution in [3.8, 4) is 5.75 Å². The van der Waals surface area contributed by atoms with Crippen LogP contribution in [0, 0.1) is 0 Å². The minimum absolute atomic E-state index is 0.0506. The molecule has 0 saturated carbocycles. The van der Waals surface area contributed by atoms with Gasteiger partial charge in [0.1, 0.15) is 5.75 Å². The van der Waals surface area contributed by atoms with E-state index in [-0.39, 0.29) is 6.61 Å². The van der Waals surface area contributed by atoms with E-state index in [1.54, 1.807) is 23.0 Å². The van der Waals surface area contributed by atoms with Gasteiger partial charge in [0.25, 0.3) is 0 Å². The van der Waals surface area contributed by atoms with Crippen LogP contribution in [-0.4, -0.2) is 26.7 Å². The Morgan fingerprint density at radius 2 is 2.06 bits per heavy atom. The molecule has 6 heteroatoms. The van der Waals surface area contributed by atoms with Gasteiger partial charge in [-0.05, 0) is 24.3 Å². The molecule has 0 aliphatic heterocycles. The minimum Gasteiger partial charge on any atom is -0.494 e. The summed E-state index contributed by atoms with van der Waals surface area (Å²) in [7, 11) is 0. The number of hydrogen-bond donors (Lipinski definition) is 1. The van der Waals surface area contributed by atoms with Crippen LogP contribution < -0.4 is 4.74 Å². The quantitative estimate of drug-likeness (QED) is 0.812. The number of aliphatic hydroxyl groups is 1. The third-order valence-corrected chi connectivity index (χ3v) is 2.71. The number of benzene rings is 1. The Bertz CT molecular complexity index is 484. The highest BCUT2D eigenvalue weighted by Gasteiger charge is 2.01. The zero-order valence-corrected chi connectivity index (χ0v) is 10.5. The first-order valence-corrected chi connectivity index (χ1v) is 6.04. The molecule has 5 nitrogen and oxygen atoms in total. The summed E-state index contributed by atoms with van der Waals surface area (Å²) in [6.07, 6.45) is 2.35. The zero-order chi connectivity index (χ0) is 12.8. The second kappa shape index (κ2) is 6.37. The number of aromatic nitrogens is 3. The third kappa shape index (κ3) is 3.45. The summed E-state index contributed by atoms with van der Waals surface area (Å²) >= 11 is 5.78. The summed E-state index contributed by atoms with van der Waals surface area (Å²) in [5, 5.41) is 17.3. The van der Waals surface area contributed by atoms with Crippen molar-refractivity contribution >= 4 is 11.6 Å². The maximum absolute atomic E-state index is 9.02. The van der Waals surface area contributed by atoms with Crippen LogP contribution in [0.25, 0.3) is 0 Å². The molecular weight excluding hydrogens is 254 g/mol. The van der Waals surface area contributed by atoms with Gasteiger partial charge in [-0.25, -0.2) is 4.68 Å². The van der Waals surface area contributed by atoms with Crippen molar-refractivity contribution in [2.45, 2.75) is 19.6 Å². The van der Waals surface area contributed by atoms with Gasteiger partial charge in [0.15, 0.2) is 0 Å². The van der Waals surface area contributed by atoms with Crippen LogP contribution in [0.1, 0.15) is 12.1 Å². The van der Waals surface area contributed by atoms with Crippen molar-refractivity contribution in [2.75, 3.05) is 6.61 Å². The number of ether oxygens (including phenoxy) is 1. The number of nitrogens with zero attached hydrogens (tertiary/aromatic N) is 3. The molecule has 0 spiro atoms. The predicted octanol–water partition coefficient (Wildman–Crippen LogP) is 1.89. The molecular formula is C12H14ClN3O2. The monoisotopic (exact) mass is 267 g/mol. The molecule has 0 fully saturated rings. The lowest BCUT2D eigenvalue weighted by atomic mass is 10.3. The van der Waals surface area contributed by atoms with Crippen molar-refractivity contribution in [3.63, 3.8) is 0 Å². The summed E-state index contributed by atoms with van der Waals surface area (Å²) < 4.78 is 7.22. The highest BCUT2D eigenvalue weighted by atomic mass is 35.5. The van der Waals surface area contributed by atoms with Crippen molar-refractivity contribution in [2.24, 2.45) is 0 Å². The van der Waals surface area contributed by atoms with Crippen LogP contribution in [0.5, 0.6) is 5.75 Å². The van der Waals surface area contributed by atoms with E-state index < -0.39 is 0 Å². The van der Waals surface area contributed by atoms with E-state index in [9.17, 15) is 0 Å². The predicted molar refractivity (Wildman–Crippen MR) is 67.5 cm³/mol. The molecule has 0 amide bonds. The molecule has 1 aromatic heterocycles. The third-order valence-electron chi connectivity index (χ3n) is 2.46. The van der Waals surface area contributed by atoms with E-state index >= 15 is 0 Å². The van der Waals surface area contributed by atoms with Gasteiger partial charge in [-0.15, -0.1) is 5.10 Å². The maximum Gasteiger partial charge on any atom is 0.119 e. The molecule has 96 valence electrons. The normalized spacial score (nSPS) is 10.6. The van der Waals surface area contributed by atoms with Gasteiger partial charge in [0.2, 0.25) is 0 Å². The first-order chi connectivity index (χ1) is 8.79. The van der Waals surface area contributed by atoms with Crippen molar-refractivity contribution in [1.29, 1.82) is 0 Å². The number of aliphatic hydroxyl groups excluding tert-OH is 1. The van der Waals surface area contributed by atoms with Crippen LogP contribution in [0.15, 0.2) is 30.5 Å². The molecule has 0 bridgehead atoms. The van der Waals surface area contributed by atoms with Gasteiger partial charge in [-0.3, -0.25) is 0 Å². The average Bonchev–Trinajstić information content (AvgIpc) is 2.84. The lowest BCUT2D eigenvalue weighted by Gasteiger charge is -2.07. The lowest BCUT2D eigenvalue weighted by molar-refractivity contribution is 0.260. The van der Waals surface area contributed by atoms with Crippen LogP contribution >= 0.6 is 11.6 Å². The average molecular weight is 268 g/mol. The molecule has 1 aromatic carbocycles. The Morgan fingerprint density at radius 1 is 1.28 bits per heavy atom. The number of halogens is 1. The van der Waals surface area contributed by atoms with Gasteiger partial charge in [-0.2, -0.15) is 0 Å². The fraction of sp³-hybridized carbons (Fsp3) is 0.333. The minimum atomic E-state index is -0.0506.